The maximum atomic E-state index is 13.3. The molecule has 5 aromatic rings. The van der Waals surface area contributed by atoms with Crippen LogP contribution in [-0.4, -0.2) is 50.3 Å². The van der Waals surface area contributed by atoms with Gasteiger partial charge in [0.05, 0.1) is 0 Å². The van der Waals surface area contributed by atoms with Gasteiger partial charge in [-0.1, -0.05) is 0 Å². The predicted octanol–water partition coefficient (Wildman–Crippen LogP) is 5.27. The zero-order valence-corrected chi connectivity index (χ0v) is 24.3. The van der Waals surface area contributed by atoms with Crippen molar-refractivity contribution < 1.29 is 30.1 Å². The molecule has 0 saturated heterocycles. The molecular formula is C30H23GaN2O7. The van der Waals surface area contributed by atoms with Crippen molar-refractivity contribution in [2.24, 2.45) is 0 Å². The molecule has 2 aromatic heterocycles. The van der Waals surface area contributed by atoms with E-state index in [1.165, 1.54) is 30.3 Å². The first-order chi connectivity index (χ1) is 19.2. The van der Waals surface area contributed by atoms with Gasteiger partial charge in [-0.2, -0.15) is 0 Å². The van der Waals surface area contributed by atoms with Crippen LogP contribution >= 0.6 is 0 Å². The molecule has 198 valence electrons. The second-order valence-corrected chi connectivity index (χ2v) is 11.8. The average Bonchev–Trinajstić information content (AvgIpc) is 2.93. The fourth-order valence-electron chi connectivity index (χ4n) is 4.19. The molecule has 0 aliphatic rings. The third kappa shape index (κ3) is 5.53. The van der Waals surface area contributed by atoms with E-state index in [0.29, 0.717) is 33.2 Å². The average molecular weight is 593 g/mol. The van der Waals surface area contributed by atoms with E-state index >= 15 is 0 Å². The van der Waals surface area contributed by atoms with E-state index in [1.807, 2.05) is 24.3 Å². The molecule has 0 unspecified atom stereocenters. The normalized spacial score (nSPS) is 10.8. The standard InChI is InChI=1S/2C11H9NO2.C8H8O3.Ga/c2*1-7-5-6-8-3-2-4-9(11(13)14)10(8)12-7;1-5-6(8(10)11)3-2-4-7(5)9;/h2*2-6H,1H3,(H,13,14);2-4,9H,1H3,(H,10,11);/q;;;+3/p-3. The third-order valence-electron chi connectivity index (χ3n) is 6.29. The van der Waals surface area contributed by atoms with Crippen molar-refractivity contribution >= 4 is 57.0 Å². The molecule has 40 heavy (non-hydrogen) atoms. The number of hydrogen-bond donors (Lipinski definition) is 1. The van der Waals surface area contributed by atoms with Crippen LogP contribution in [0, 0.1) is 20.8 Å². The van der Waals surface area contributed by atoms with Crippen molar-refractivity contribution in [2.75, 3.05) is 0 Å². The number of aryl methyl sites for hydroxylation is 2. The van der Waals surface area contributed by atoms with Gasteiger partial charge in [0.2, 0.25) is 0 Å². The Hall–Kier alpha value is -4.67. The summed E-state index contributed by atoms with van der Waals surface area (Å²) in [7, 11) is 0. The minimum absolute atomic E-state index is 0.0487. The van der Waals surface area contributed by atoms with E-state index in [1.54, 1.807) is 45.0 Å². The van der Waals surface area contributed by atoms with Crippen molar-refractivity contribution in [3.63, 3.8) is 0 Å². The molecule has 3 aromatic carbocycles. The molecule has 0 aliphatic heterocycles. The van der Waals surface area contributed by atoms with Crippen molar-refractivity contribution in [3.8, 4) is 5.75 Å². The van der Waals surface area contributed by atoms with Crippen molar-refractivity contribution in [2.45, 2.75) is 20.8 Å². The van der Waals surface area contributed by atoms with Gasteiger partial charge in [-0.25, -0.2) is 0 Å². The minimum atomic E-state index is -4.44. The number of nitrogens with zero attached hydrogens (tertiary/aromatic N) is 2. The summed E-state index contributed by atoms with van der Waals surface area (Å²) in [6, 6.07) is 21.7. The number of carbonyl (C=O) groups excluding carboxylic acids is 3. The van der Waals surface area contributed by atoms with Crippen LogP contribution in [-0.2, 0) is 10.6 Å². The fraction of sp³-hybridized carbons (Fsp3) is 0.100. The zero-order chi connectivity index (χ0) is 28.4. The molecule has 0 radical (unpaired) electrons. The van der Waals surface area contributed by atoms with Crippen molar-refractivity contribution in [1.82, 2.24) is 9.97 Å². The Morgan fingerprint density at radius 3 is 1.52 bits per heavy atom. The molecule has 1 N–H and O–H groups in total. The monoisotopic (exact) mass is 592 g/mol. The van der Waals surface area contributed by atoms with E-state index in [9.17, 15) is 19.5 Å². The molecule has 0 aliphatic carbocycles. The molecule has 0 saturated carbocycles. The number of pyridine rings is 2. The van der Waals surface area contributed by atoms with Gasteiger partial charge in [-0.15, -0.1) is 0 Å². The number of rotatable bonds is 6. The van der Waals surface area contributed by atoms with E-state index in [2.05, 4.69) is 9.97 Å². The van der Waals surface area contributed by atoms with Crippen LogP contribution in [0.3, 0.4) is 0 Å². The zero-order valence-electron chi connectivity index (χ0n) is 21.9. The Kier molecular flexibility index (Phi) is 7.54. The van der Waals surface area contributed by atoms with Crippen LogP contribution < -0.4 is 0 Å². The van der Waals surface area contributed by atoms with Crippen molar-refractivity contribution in [3.05, 3.63) is 113 Å². The first-order valence-corrected chi connectivity index (χ1v) is 15.3. The molecule has 0 atom stereocenters. The second-order valence-electron chi connectivity index (χ2n) is 9.11. The SMILES string of the molecule is Cc1ccc2cccc(C(=O)[O][Ga]([O]C(=O)c3cccc(O)c3C)[O]C(=O)c3cccc4ccc(C)nc34)c2n1. The Bertz CT molecular complexity index is 1710. The summed E-state index contributed by atoms with van der Waals surface area (Å²) in [5.41, 5.74) is 2.80. The fourth-order valence-corrected chi connectivity index (χ4v) is 6.39. The summed E-state index contributed by atoms with van der Waals surface area (Å²) in [6.45, 7) is 5.13. The summed E-state index contributed by atoms with van der Waals surface area (Å²) < 4.78 is 16.8. The first-order valence-electron chi connectivity index (χ1n) is 12.4. The predicted molar refractivity (Wildman–Crippen MR) is 148 cm³/mol. The summed E-state index contributed by atoms with van der Waals surface area (Å²) in [5, 5.41) is 11.5. The summed E-state index contributed by atoms with van der Waals surface area (Å²) in [4.78, 5) is 48.7. The van der Waals surface area contributed by atoms with Gasteiger partial charge >= 0.3 is 236 Å². The number of aromatic hydroxyl groups is 1. The van der Waals surface area contributed by atoms with Crippen LogP contribution in [0.25, 0.3) is 21.8 Å². The topological polar surface area (TPSA) is 125 Å². The number of phenolic OH excluding ortho intramolecular Hbond substituents is 1. The number of hydrogen-bond acceptors (Lipinski definition) is 9. The Balaban J connectivity index is 1.49. The molecule has 0 amide bonds. The quantitative estimate of drug-likeness (QED) is 0.262. The van der Waals surface area contributed by atoms with Crippen LogP contribution in [0.1, 0.15) is 48.0 Å². The van der Waals surface area contributed by atoms with Crippen LogP contribution in [0.4, 0.5) is 0 Å². The number of phenols is 1. The Morgan fingerprint density at radius 1 is 0.600 bits per heavy atom. The summed E-state index contributed by atoms with van der Waals surface area (Å²) >= 11 is -4.44. The molecule has 2 heterocycles. The van der Waals surface area contributed by atoms with Crippen LogP contribution in [0.5, 0.6) is 5.75 Å². The van der Waals surface area contributed by atoms with Crippen LogP contribution in [0.15, 0.2) is 78.9 Å². The molecule has 0 spiro atoms. The Morgan fingerprint density at radius 2 is 1.02 bits per heavy atom. The molecule has 5 rings (SSSR count). The van der Waals surface area contributed by atoms with Gasteiger partial charge in [0.25, 0.3) is 0 Å². The third-order valence-corrected chi connectivity index (χ3v) is 8.85. The molecule has 9 nitrogen and oxygen atoms in total. The molecular weight excluding hydrogens is 570 g/mol. The van der Waals surface area contributed by atoms with Crippen molar-refractivity contribution in [1.29, 1.82) is 0 Å². The van der Waals surface area contributed by atoms with Gasteiger partial charge in [-0.3, -0.25) is 0 Å². The number of para-hydroxylation sites is 2. The second kappa shape index (κ2) is 11.2. The summed E-state index contributed by atoms with van der Waals surface area (Å²) in [5.74, 6) is -2.68. The van der Waals surface area contributed by atoms with E-state index < -0.39 is 35.2 Å². The van der Waals surface area contributed by atoms with Crippen LogP contribution in [0.2, 0.25) is 0 Å². The number of carbonyl (C=O) groups is 3. The van der Waals surface area contributed by atoms with Gasteiger partial charge in [0.1, 0.15) is 0 Å². The molecule has 0 bridgehead atoms. The van der Waals surface area contributed by atoms with E-state index in [-0.39, 0.29) is 28.0 Å². The van der Waals surface area contributed by atoms with Gasteiger partial charge in [0, 0.05) is 0 Å². The van der Waals surface area contributed by atoms with Gasteiger partial charge < -0.3 is 0 Å². The maximum absolute atomic E-state index is 13.3. The Labute approximate surface area is 235 Å². The first kappa shape index (κ1) is 26.9. The summed E-state index contributed by atoms with van der Waals surface area (Å²) in [6.07, 6.45) is 0. The molecule has 0 fully saturated rings. The van der Waals surface area contributed by atoms with Gasteiger partial charge in [0.15, 0.2) is 0 Å². The van der Waals surface area contributed by atoms with E-state index in [4.69, 9.17) is 10.6 Å². The molecule has 10 heteroatoms. The number of fused-ring (bicyclic) bond motifs is 2. The number of benzene rings is 3. The van der Waals surface area contributed by atoms with Gasteiger partial charge in [-0.05, 0) is 0 Å². The van der Waals surface area contributed by atoms with E-state index in [0.717, 1.165) is 0 Å². The number of aromatic nitrogens is 2.